The maximum atomic E-state index is 13.1. The number of hydrogen-bond donors (Lipinski definition) is 1. The van der Waals surface area contributed by atoms with E-state index in [1.807, 2.05) is 0 Å². The average molecular weight is 365 g/mol. The number of nitrogens with one attached hydrogen (secondary N) is 1. The Bertz CT molecular complexity index is 810. The van der Waals surface area contributed by atoms with Gasteiger partial charge in [-0.05, 0) is 29.8 Å². The SMILES string of the molecule is COc1ccc(CC(=O)OCC(=O)Nc2ccc(F)c(F)c2)cc1OC. The van der Waals surface area contributed by atoms with Crippen molar-refractivity contribution in [3.8, 4) is 11.5 Å². The fraction of sp³-hybridized carbons (Fsp3) is 0.222. The minimum absolute atomic E-state index is 0.0600. The zero-order valence-electron chi connectivity index (χ0n) is 14.2. The summed E-state index contributed by atoms with van der Waals surface area (Å²) in [6.07, 6.45) is -0.0706. The Labute approximate surface area is 148 Å². The van der Waals surface area contributed by atoms with Gasteiger partial charge in [0.15, 0.2) is 29.7 Å². The van der Waals surface area contributed by atoms with Crippen molar-refractivity contribution in [2.24, 2.45) is 0 Å². The number of ether oxygens (including phenoxy) is 3. The van der Waals surface area contributed by atoms with Gasteiger partial charge < -0.3 is 19.5 Å². The van der Waals surface area contributed by atoms with Crippen LogP contribution in [-0.2, 0) is 20.7 Å². The Morgan fingerprint density at radius 3 is 2.35 bits per heavy atom. The van der Waals surface area contributed by atoms with E-state index in [9.17, 15) is 18.4 Å². The van der Waals surface area contributed by atoms with Crippen LogP contribution >= 0.6 is 0 Å². The van der Waals surface area contributed by atoms with E-state index in [1.165, 1.54) is 20.3 Å². The number of hydrogen-bond acceptors (Lipinski definition) is 5. The summed E-state index contributed by atoms with van der Waals surface area (Å²) in [6.45, 7) is -0.550. The molecule has 0 atom stereocenters. The summed E-state index contributed by atoms with van der Waals surface area (Å²) in [4.78, 5) is 23.5. The Kier molecular flexibility index (Phi) is 6.48. The monoisotopic (exact) mass is 365 g/mol. The highest BCUT2D eigenvalue weighted by Crippen LogP contribution is 2.27. The molecule has 1 N–H and O–H groups in total. The fourth-order valence-corrected chi connectivity index (χ4v) is 2.13. The molecule has 1 amide bonds. The lowest BCUT2D eigenvalue weighted by Gasteiger charge is -2.10. The van der Waals surface area contributed by atoms with Crippen LogP contribution in [0.2, 0.25) is 0 Å². The highest BCUT2D eigenvalue weighted by molar-refractivity contribution is 5.92. The Balaban J connectivity index is 1.86. The second-order valence-electron chi connectivity index (χ2n) is 5.20. The molecule has 26 heavy (non-hydrogen) atoms. The third kappa shape index (κ3) is 5.17. The van der Waals surface area contributed by atoms with Crippen LogP contribution in [0.15, 0.2) is 36.4 Å². The van der Waals surface area contributed by atoms with Crippen molar-refractivity contribution in [3.05, 3.63) is 53.6 Å². The third-order valence-electron chi connectivity index (χ3n) is 3.36. The first-order valence-electron chi connectivity index (χ1n) is 7.54. The summed E-state index contributed by atoms with van der Waals surface area (Å²) in [6, 6.07) is 7.86. The number of esters is 1. The zero-order chi connectivity index (χ0) is 19.1. The molecule has 2 aromatic carbocycles. The fourth-order valence-electron chi connectivity index (χ4n) is 2.13. The first-order chi connectivity index (χ1) is 12.4. The first kappa shape index (κ1) is 19.2. The van der Waals surface area contributed by atoms with Gasteiger partial charge in [-0.3, -0.25) is 9.59 Å². The molecule has 0 aromatic heterocycles. The van der Waals surface area contributed by atoms with Gasteiger partial charge in [0.2, 0.25) is 0 Å². The van der Waals surface area contributed by atoms with Crippen LogP contribution in [0.3, 0.4) is 0 Å². The van der Waals surface area contributed by atoms with E-state index < -0.39 is 30.1 Å². The Morgan fingerprint density at radius 2 is 1.69 bits per heavy atom. The Hall–Kier alpha value is -3.16. The number of anilines is 1. The molecule has 0 bridgehead atoms. The molecule has 6 nitrogen and oxygen atoms in total. The summed E-state index contributed by atoms with van der Waals surface area (Å²) in [7, 11) is 2.97. The van der Waals surface area contributed by atoms with E-state index in [0.717, 1.165) is 12.1 Å². The highest BCUT2D eigenvalue weighted by atomic mass is 19.2. The maximum Gasteiger partial charge on any atom is 0.310 e. The molecular weight excluding hydrogens is 348 g/mol. The van der Waals surface area contributed by atoms with Gasteiger partial charge in [-0.25, -0.2) is 8.78 Å². The number of methoxy groups -OCH3 is 2. The van der Waals surface area contributed by atoms with Crippen LogP contribution in [-0.4, -0.2) is 32.7 Å². The van der Waals surface area contributed by atoms with Gasteiger partial charge in [0.05, 0.1) is 20.6 Å². The molecule has 0 saturated carbocycles. The molecule has 2 rings (SSSR count). The van der Waals surface area contributed by atoms with Crippen molar-refractivity contribution in [1.29, 1.82) is 0 Å². The van der Waals surface area contributed by atoms with Crippen molar-refractivity contribution in [3.63, 3.8) is 0 Å². The van der Waals surface area contributed by atoms with Crippen LogP contribution in [0.1, 0.15) is 5.56 Å². The van der Waals surface area contributed by atoms with Crippen LogP contribution in [0, 0.1) is 11.6 Å². The molecule has 0 aliphatic rings. The van der Waals surface area contributed by atoms with Gasteiger partial charge >= 0.3 is 5.97 Å². The van der Waals surface area contributed by atoms with Crippen molar-refractivity contribution >= 4 is 17.6 Å². The van der Waals surface area contributed by atoms with Gasteiger partial charge in [-0.2, -0.15) is 0 Å². The van der Waals surface area contributed by atoms with E-state index in [1.54, 1.807) is 18.2 Å². The molecule has 138 valence electrons. The van der Waals surface area contributed by atoms with Crippen molar-refractivity contribution in [1.82, 2.24) is 0 Å². The van der Waals surface area contributed by atoms with E-state index in [0.29, 0.717) is 17.1 Å². The third-order valence-corrected chi connectivity index (χ3v) is 3.36. The molecule has 0 radical (unpaired) electrons. The number of carbonyl (C=O) groups is 2. The lowest BCUT2D eigenvalue weighted by Crippen LogP contribution is -2.21. The molecule has 8 heteroatoms. The predicted molar refractivity (Wildman–Crippen MR) is 89.2 cm³/mol. The van der Waals surface area contributed by atoms with Gasteiger partial charge in [-0.15, -0.1) is 0 Å². The quantitative estimate of drug-likeness (QED) is 0.764. The molecule has 0 fully saturated rings. The summed E-state index contributed by atoms with van der Waals surface area (Å²) < 4.78 is 41.0. The minimum atomic E-state index is -1.09. The molecule has 0 heterocycles. The number of carbonyl (C=O) groups excluding carboxylic acids is 2. The maximum absolute atomic E-state index is 13.1. The molecule has 0 aliphatic carbocycles. The molecule has 0 spiro atoms. The van der Waals surface area contributed by atoms with Gasteiger partial charge in [0.1, 0.15) is 0 Å². The summed E-state index contributed by atoms with van der Waals surface area (Å²) in [5.41, 5.74) is 0.679. The smallest absolute Gasteiger partial charge is 0.310 e. The normalized spacial score (nSPS) is 10.2. The lowest BCUT2D eigenvalue weighted by atomic mass is 10.1. The van der Waals surface area contributed by atoms with Crippen LogP contribution in [0.25, 0.3) is 0 Å². The molecule has 0 saturated heterocycles. The average Bonchev–Trinajstić information content (AvgIpc) is 2.63. The van der Waals surface area contributed by atoms with Gasteiger partial charge in [0.25, 0.3) is 5.91 Å². The van der Waals surface area contributed by atoms with Crippen LogP contribution in [0.4, 0.5) is 14.5 Å². The lowest BCUT2D eigenvalue weighted by molar-refractivity contribution is -0.146. The molecule has 0 aliphatic heterocycles. The second-order valence-corrected chi connectivity index (χ2v) is 5.20. The summed E-state index contributed by atoms with van der Waals surface area (Å²) >= 11 is 0. The van der Waals surface area contributed by atoms with Crippen molar-refractivity contribution in [2.75, 3.05) is 26.1 Å². The predicted octanol–water partition coefficient (Wildman–Crippen LogP) is 2.71. The topological polar surface area (TPSA) is 73.9 Å². The minimum Gasteiger partial charge on any atom is -0.493 e. The van der Waals surface area contributed by atoms with Gasteiger partial charge in [-0.1, -0.05) is 6.07 Å². The number of rotatable bonds is 7. The Morgan fingerprint density at radius 1 is 0.962 bits per heavy atom. The second kappa shape index (κ2) is 8.80. The molecular formula is C18H17F2NO5. The van der Waals surface area contributed by atoms with Crippen molar-refractivity contribution in [2.45, 2.75) is 6.42 Å². The number of halogens is 2. The van der Waals surface area contributed by atoms with E-state index in [-0.39, 0.29) is 12.1 Å². The van der Waals surface area contributed by atoms with Crippen LogP contribution in [0.5, 0.6) is 11.5 Å². The number of amides is 1. The largest absolute Gasteiger partial charge is 0.493 e. The van der Waals surface area contributed by atoms with Crippen molar-refractivity contribution < 1.29 is 32.6 Å². The zero-order valence-corrected chi connectivity index (χ0v) is 14.2. The standard InChI is InChI=1S/C18H17F2NO5/c1-24-15-6-3-11(7-16(15)25-2)8-18(23)26-10-17(22)21-12-4-5-13(19)14(20)9-12/h3-7,9H,8,10H2,1-2H3,(H,21,22). The van der Waals surface area contributed by atoms with Crippen LogP contribution < -0.4 is 14.8 Å². The molecule has 2 aromatic rings. The highest BCUT2D eigenvalue weighted by Gasteiger charge is 2.12. The molecule has 0 unspecified atom stereocenters. The summed E-state index contributed by atoms with van der Waals surface area (Å²) in [5, 5.41) is 2.30. The van der Waals surface area contributed by atoms with E-state index >= 15 is 0 Å². The van der Waals surface area contributed by atoms with E-state index in [4.69, 9.17) is 14.2 Å². The number of benzene rings is 2. The first-order valence-corrected chi connectivity index (χ1v) is 7.54. The van der Waals surface area contributed by atoms with E-state index in [2.05, 4.69) is 5.32 Å². The van der Waals surface area contributed by atoms with Gasteiger partial charge in [0, 0.05) is 11.8 Å². The summed E-state index contributed by atoms with van der Waals surface area (Å²) in [5.74, 6) is -2.42.